The first-order valence-corrected chi connectivity index (χ1v) is 8.39. The van der Waals surface area contributed by atoms with Crippen LogP contribution in [0.5, 0.6) is 11.5 Å². The molecule has 0 aliphatic heterocycles. The summed E-state index contributed by atoms with van der Waals surface area (Å²) >= 11 is 0. The van der Waals surface area contributed by atoms with Crippen molar-refractivity contribution in [2.24, 2.45) is 0 Å². The van der Waals surface area contributed by atoms with Crippen molar-refractivity contribution in [3.63, 3.8) is 0 Å². The fourth-order valence-electron chi connectivity index (χ4n) is 2.41. The molecule has 6 nitrogen and oxygen atoms in total. The van der Waals surface area contributed by atoms with E-state index in [0.717, 1.165) is 23.0 Å². The van der Waals surface area contributed by atoms with Gasteiger partial charge in [-0.3, -0.25) is 0 Å². The van der Waals surface area contributed by atoms with Gasteiger partial charge in [0, 0.05) is 18.9 Å². The number of nitrogens with zero attached hydrogens (tertiary/aromatic N) is 3. The number of rotatable bonds is 8. The normalized spacial score (nSPS) is 10.2. The zero-order chi connectivity index (χ0) is 18.2. The molecule has 1 aromatic heterocycles. The van der Waals surface area contributed by atoms with Gasteiger partial charge >= 0.3 is 0 Å². The summed E-state index contributed by atoms with van der Waals surface area (Å²) in [6, 6.07) is 19.5. The third-order valence-corrected chi connectivity index (χ3v) is 3.84. The summed E-state index contributed by atoms with van der Waals surface area (Å²) in [4.78, 5) is 10.8. The minimum Gasteiger partial charge on any atom is -0.497 e. The maximum absolute atomic E-state index is 5.69. The number of aromatic nitrogens is 2. The van der Waals surface area contributed by atoms with Gasteiger partial charge in [-0.25, -0.2) is 4.98 Å². The number of nitrogens with one attached hydrogen (secondary N) is 1. The highest BCUT2D eigenvalue weighted by molar-refractivity contribution is 5.59. The highest BCUT2D eigenvalue weighted by Crippen LogP contribution is 2.21. The molecule has 0 fully saturated rings. The molecular weight excluding hydrogens is 328 g/mol. The summed E-state index contributed by atoms with van der Waals surface area (Å²) in [6.45, 7) is 1.11. The lowest BCUT2D eigenvalue weighted by Gasteiger charge is -2.18. The van der Waals surface area contributed by atoms with E-state index in [2.05, 4.69) is 15.3 Å². The summed E-state index contributed by atoms with van der Waals surface area (Å²) in [5.41, 5.74) is 1.07. The summed E-state index contributed by atoms with van der Waals surface area (Å²) < 4.78 is 10.8. The fraction of sp³-hybridized carbons (Fsp3) is 0.200. The molecule has 0 saturated carbocycles. The molecule has 3 aromatic rings. The maximum atomic E-state index is 5.69. The van der Waals surface area contributed by atoms with E-state index in [0.29, 0.717) is 19.1 Å². The van der Waals surface area contributed by atoms with E-state index in [1.165, 1.54) is 0 Å². The smallest absolute Gasteiger partial charge is 0.224 e. The SMILES string of the molecule is COc1ccc(OCCNc2nccc(N(C)c3ccccc3)n2)cc1. The summed E-state index contributed by atoms with van der Waals surface area (Å²) in [5.74, 6) is 3.00. The van der Waals surface area contributed by atoms with Crippen LogP contribution in [0.3, 0.4) is 0 Å². The Kier molecular flexibility index (Phi) is 5.88. The van der Waals surface area contributed by atoms with Crippen molar-refractivity contribution in [2.75, 3.05) is 37.5 Å². The first kappa shape index (κ1) is 17.5. The lowest BCUT2D eigenvalue weighted by molar-refractivity contribution is 0.331. The van der Waals surface area contributed by atoms with E-state index in [9.17, 15) is 0 Å². The molecule has 0 unspecified atom stereocenters. The van der Waals surface area contributed by atoms with Gasteiger partial charge in [0.25, 0.3) is 0 Å². The van der Waals surface area contributed by atoms with Crippen molar-refractivity contribution < 1.29 is 9.47 Å². The van der Waals surface area contributed by atoms with Crippen molar-refractivity contribution in [2.45, 2.75) is 0 Å². The topological polar surface area (TPSA) is 59.5 Å². The average molecular weight is 350 g/mol. The van der Waals surface area contributed by atoms with Crippen molar-refractivity contribution in [1.29, 1.82) is 0 Å². The van der Waals surface area contributed by atoms with Crippen LogP contribution in [0.2, 0.25) is 0 Å². The van der Waals surface area contributed by atoms with Crippen LogP contribution in [0.1, 0.15) is 0 Å². The Labute approximate surface area is 153 Å². The molecular formula is C20H22N4O2. The Balaban J connectivity index is 1.52. The lowest BCUT2D eigenvalue weighted by atomic mass is 10.3. The molecule has 1 heterocycles. The number of anilines is 3. The third-order valence-electron chi connectivity index (χ3n) is 3.84. The van der Waals surface area contributed by atoms with E-state index in [4.69, 9.17) is 9.47 Å². The van der Waals surface area contributed by atoms with Crippen LogP contribution < -0.4 is 19.7 Å². The third kappa shape index (κ3) is 4.63. The number of methoxy groups -OCH3 is 1. The van der Waals surface area contributed by atoms with Crippen LogP contribution in [0, 0.1) is 0 Å². The van der Waals surface area contributed by atoms with Gasteiger partial charge in [0.15, 0.2) is 0 Å². The molecule has 26 heavy (non-hydrogen) atoms. The predicted molar refractivity (Wildman–Crippen MR) is 104 cm³/mol. The Morgan fingerprint density at radius 1 is 0.962 bits per heavy atom. The van der Waals surface area contributed by atoms with E-state index < -0.39 is 0 Å². The molecule has 0 radical (unpaired) electrons. The number of hydrogen-bond donors (Lipinski definition) is 1. The van der Waals surface area contributed by atoms with Gasteiger partial charge in [-0.1, -0.05) is 18.2 Å². The Morgan fingerprint density at radius 2 is 1.69 bits per heavy atom. The lowest BCUT2D eigenvalue weighted by Crippen LogP contribution is -2.16. The monoisotopic (exact) mass is 350 g/mol. The van der Waals surface area contributed by atoms with Gasteiger partial charge in [-0.05, 0) is 42.5 Å². The van der Waals surface area contributed by atoms with Crippen LogP contribution in [-0.2, 0) is 0 Å². The number of ether oxygens (including phenoxy) is 2. The van der Waals surface area contributed by atoms with Gasteiger partial charge in [0.05, 0.1) is 13.7 Å². The first-order valence-electron chi connectivity index (χ1n) is 8.39. The zero-order valence-corrected chi connectivity index (χ0v) is 14.9. The van der Waals surface area contributed by atoms with Crippen LogP contribution in [0.15, 0.2) is 66.9 Å². The highest BCUT2D eigenvalue weighted by Gasteiger charge is 2.06. The molecule has 6 heteroatoms. The minimum atomic E-state index is 0.508. The van der Waals surface area contributed by atoms with Gasteiger partial charge in [-0.15, -0.1) is 0 Å². The van der Waals surface area contributed by atoms with Crippen molar-refractivity contribution in [1.82, 2.24) is 9.97 Å². The van der Waals surface area contributed by atoms with E-state index in [1.807, 2.05) is 72.6 Å². The molecule has 0 amide bonds. The second-order valence-electron chi connectivity index (χ2n) is 5.58. The predicted octanol–water partition coefficient (Wildman–Crippen LogP) is 3.74. The fourth-order valence-corrected chi connectivity index (χ4v) is 2.41. The molecule has 3 rings (SSSR count). The summed E-state index contributed by atoms with van der Waals surface area (Å²) in [6.07, 6.45) is 1.74. The quantitative estimate of drug-likeness (QED) is 0.625. The van der Waals surface area contributed by atoms with Crippen LogP contribution in [-0.4, -0.2) is 37.3 Å². The molecule has 1 N–H and O–H groups in total. The van der Waals surface area contributed by atoms with E-state index in [1.54, 1.807) is 13.3 Å². The molecule has 0 saturated heterocycles. The average Bonchev–Trinajstić information content (AvgIpc) is 2.72. The molecule has 0 bridgehead atoms. The maximum Gasteiger partial charge on any atom is 0.224 e. The minimum absolute atomic E-state index is 0.508. The van der Waals surface area contributed by atoms with Crippen molar-refractivity contribution >= 4 is 17.5 Å². The highest BCUT2D eigenvalue weighted by atomic mass is 16.5. The molecule has 134 valence electrons. The zero-order valence-electron chi connectivity index (χ0n) is 14.9. The molecule has 0 aliphatic rings. The second kappa shape index (κ2) is 8.71. The van der Waals surface area contributed by atoms with Crippen LogP contribution in [0.25, 0.3) is 0 Å². The Bertz CT molecular complexity index is 810. The molecule has 0 spiro atoms. The first-order chi connectivity index (χ1) is 12.8. The Hall–Kier alpha value is -3.28. The van der Waals surface area contributed by atoms with E-state index in [-0.39, 0.29) is 0 Å². The van der Waals surface area contributed by atoms with Crippen molar-refractivity contribution in [3.05, 3.63) is 66.9 Å². The summed E-state index contributed by atoms with van der Waals surface area (Å²) in [7, 11) is 3.62. The standard InChI is InChI=1S/C20H22N4O2/c1-24(16-6-4-3-5-7-16)19-12-13-21-20(23-19)22-14-15-26-18-10-8-17(25-2)9-11-18/h3-13H,14-15H2,1-2H3,(H,21,22,23). The molecule has 2 aromatic carbocycles. The number of hydrogen-bond acceptors (Lipinski definition) is 6. The largest absolute Gasteiger partial charge is 0.497 e. The Morgan fingerprint density at radius 3 is 2.42 bits per heavy atom. The molecule has 0 atom stereocenters. The van der Waals surface area contributed by atoms with Crippen LogP contribution in [0.4, 0.5) is 17.5 Å². The van der Waals surface area contributed by atoms with Crippen molar-refractivity contribution in [3.8, 4) is 11.5 Å². The van der Waals surface area contributed by atoms with Gasteiger partial charge < -0.3 is 19.7 Å². The van der Waals surface area contributed by atoms with Crippen LogP contribution >= 0.6 is 0 Å². The number of benzene rings is 2. The number of para-hydroxylation sites is 1. The van der Waals surface area contributed by atoms with E-state index >= 15 is 0 Å². The van der Waals surface area contributed by atoms with Gasteiger partial charge in [0.2, 0.25) is 5.95 Å². The molecule has 0 aliphatic carbocycles. The second-order valence-corrected chi connectivity index (χ2v) is 5.58. The van der Waals surface area contributed by atoms with Gasteiger partial charge in [0.1, 0.15) is 23.9 Å². The van der Waals surface area contributed by atoms with Gasteiger partial charge in [-0.2, -0.15) is 4.98 Å². The summed E-state index contributed by atoms with van der Waals surface area (Å²) in [5, 5.41) is 3.19.